The van der Waals surface area contributed by atoms with Crippen molar-refractivity contribution in [3.63, 3.8) is 0 Å². The summed E-state index contributed by atoms with van der Waals surface area (Å²) in [6.07, 6.45) is 0.986. The zero-order valence-electron chi connectivity index (χ0n) is 5.31. The molecule has 1 unspecified atom stereocenters. The van der Waals surface area contributed by atoms with Crippen molar-refractivity contribution in [2.75, 3.05) is 13.6 Å². The molecule has 54 valence electrons. The number of likely N-dealkylation sites (N-methyl/N-ethyl adjacent to an activating group) is 1. The first-order chi connectivity index (χ1) is 3.84. The van der Waals surface area contributed by atoms with E-state index in [1.807, 2.05) is 0 Å². The third-order valence-corrected chi connectivity index (χ3v) is 1.39. The van der Waals surface area contributed by atoms with Gasteiger partial charge >= 0.3 is 0 Å². The molecule has 0 saturated carbocycles. The predicted octanol–water partition coefficient (Wildman–Crippen LogP) is -0.484. The Morgan fingerprint density at radius 3 is 2.44 bits per heavy atom. The highest BCUT2D eigenvalue weighted by Crippen LogP contribution is 1.99. The van der Waals surface area contributed by atoms with Gasteiger partial charge in [-0.25, -0.2) is 0 Å². The Kier molecular flexibility index (Phi) is 3.58. The van der Waals surface area contributed by atoms with E-state index in [4.69, 9.17) is 0 Å². The van der Waals surface area contributed by atoms with Crippen LogP contribution in [0.3, 0.4) is 0 Å². The van der Waals surface area contributed by atoms with Gasteiger partial charge in [0.05, 0.1) is 6.04 Å². The summed E-state index contributed by atoms with van der Waals surface area (Å²) in [6, 6.07) is 0.0972. The summed E-state index contributed by atoms with van der Waals surface area (Å²) in [4.78, 5) is 10.6. The first-order valence-electron chi connectivity index (χ1n) is 2.79. The van der Waals surface area contributed by atoms with Crippen molar-refractivity contribution in [1.29, 1.82) is 0 Å². The molecule has 1 rings (SSSR count). The molecule has 0 bridgehead atoms. The fourth-order valence-electron chi connectivity index (χ4n) is 0.687. The molecule has 4 heteroatoms. The number of halogens is 1. The van der Waals surface area contributed by atoms with E-state index in [9.17, 15) is 4.79 Å². The van der Waals surface area contributed by atoms with E-state index in [1.54, 1.807) is 7.05 Å². The Bertz CT molecular complexity index is 103. The second-order valence-corrected chi connectivity index (χ2v) is 1.91. The number of carbonyl (C=O) groups is 1. The van der Waals surface area contributed by atoms with Crippen LogP contribution in [-0.4, -0.2) is 25.5 Å². The van der Waals surface area contributed by atoms with Crippen LogP contribution in [-0.2, 0) is 4.79 Å². The molecule has 3 nitrogen and oxygen atoms in total. The maximum absolute atomic E-state index is 10.6. The lowest BCUT2D eigenvalue weighted by Crippen LogP contribution is -2.52. The predicted molar refractivity (Wildman–Crippen MR) is 37.7 cm³/mol. The van der Waals surface area contributed by atoms with Gasteiger partial charge in [0.25, 0.3) is 0 Å². The third-order valence-electron chi connectivity index (χ3n) is 1.39. The Morgan fingerprint density at radius 2 is 2.33 bits per heavy atom. The van der Waals surface area contributed by atoms with Crippen LogP contribution in [0.1, 0.15) is 6.42 Å². The lowest BCUT2D eigenvalue weighted by Gasteiger charge is -2.25. The summed E-state index contributed by atoms with van der Waals surface area (Å²) in [5.41, 5.74) is 0. The van der Waals surface area contributed by atoms with Gasteiger partial charge in [-0.1, -0.05) is 0 Å². The van der Waals surface area contributed by atoms with Crippen molar-refractivity contribution in [3.8, 4) is 0 Å². The van der Waals surface area contributed by atoms with Gasteiger partial charge in [-0.2, -0.15) is 0 Å². The second kappa shape index (κ2) is 3.69. The molecule has 9 heavy (non-hydrogen) atoms. The van der Waals surface area contributed by atoms with E-state index < -0.39 is 0 Å². The molecule has 0 aliphatic carbocycles. The van der Waals surface area contributed by atoms with Crippen molar-refractivity contribution < 1.29 is 4.79 Å². The van der Waals surface area contributed by atoms with Crippen LogP contribution >= 0.6 is 12.4 Å². The summed E-state index contributed by atoms with van der Waals surface area (Å²) >= 11 is 0. The standard InChI is InChI=1S/C5H10N2O.ClH/c1-6-5(8)4-2-3-7-4;/h4,7H,2-3H2,1H3,(H,6,8);1H. The summed E-state index contributed by atoms with van der Waals surface area (Å²) in [7, 11) is 1.66. The maximum atomic E-state index is 10.6. The highest BCUT2D eigenvalue weighted by molar-refractivity contribution is 5.85. The van der Waals surface area contributed by atoms with Crippen LogP contribution < -0.4 is 10.6 Å². The van der Waals surface area contributed by atoms with E-state index in [1.165, 1.54) is 0 Å². The molecule has 1 aliphatic heterocycles. The molecule has 1 fully saturated rings. The molecular formula is C5H11ClN2O. The van der Waals surface area contributed by atoms with Gasteiger partial charge in [-0.05, 0) is 13.0 Å². The Morgan fingerprint density at radius 1 is 1.78 bits per heavy atom. The molecule has 1 heterocycles. The number of nitrogens with one attached hydrogen (secondary N) is 2. The van der Waals surface area contributed by atoms with Crippen LogP contribution in [0.4, 0.5) is 0 Å². The first kappa shape index (κ1) is 8.72. The zero-order chi connectivity index (χ0) is 5.98. The van der Waals surface area contributed by atoms with Gasteiger partial charge in [0.1, 0.15) is 0 Å². The molecule has 1 saturated heterocycles. The second-order valence-electron chi connectivity index (χ2n) is 1.91. The molecule has 1 amide bonds. The van der Waals surface area contributed by atoms with Gasteiger partial charge in [-0.3, -0.25) is 4.79 Å². The van der Waals surface area contributed by atoms with Crippen LogP contribution in [0.5, 0.6) is 0 Å². The van der Waals surface area contributed by atoms with E-state index in [-0.39, 0.29) is 24.4 Å². The number of rotatable bonds is 1. The lowest BCUT2D eigenvalue weighted by atomic mass is 10.1. The summed E-state index contributed by atoms with van der Waals surface area (Å²) < 4.78 is 0. The molecule has 0 radical (unpaired) electrons. The van der Waals surface area contributed by atoms with Crippen molar-refractivity contribution in [1.82, 2.24) is 10.6 Å². The van der Waals surface area contributed by atoms with Crippen molar-refractivity contribution in [3.05, 3.63) is 0 Å². The van der Waals surface area contributed by atoms with Crippen LogP contribution in [0.25, 0.3) is 0 Å². The Labute approximate surface area is 60.6 Å². The largest absolute Gasteiger partial charge is 0.358 e. The fourth-order valence-corrected chi connectivity index (χ4v) is 0.687. The molecule has 0 spiro atoms. The van der Waals surface area contributed by atoms with Gasteiger partial charge in [-0.15, -0.1) is 12.4 Å². The smallest absolute Gasteiger partial charge is 0.236 e. The van der Waals surface area contributed by atoms with Gasteiger partial charge in [0.2, 0.25) is 5.91 Å². The van der Waals surface area contributed by atoms with Crippen molar-refractivity contribution >= 4 is 18.3 Å². The number of hydrogen-bond donors (Lipinski definition) is 2. The fraction of sp³-hybridized carbons (Fsp3) is 0.800. The third kappa shape index (κ3) is 1.84. The topological polar surface area (TPSA) is 41.1 Å². The van der Waals surface area contributed by atoms with Gasteiger partial charge in [0, 0.05) is 7.05 Å². The molecule has 0 aromatic carbocycles. The minimum Gasteiger partial charge on any atom is -0.358 e. The highest BCUT2D eigenvalue weighted by Gasteiger charge is 2.22. The van der Waals surface area contributed by atoms with Crippen molar-refractivity contribution in [2.24, 2.45) is 0 Å². The summed E-state index contributed by atoms with van der Waals surface area (Å²) in [6.45, 7) is 0.984. The number of amides is 1. The maximum Gasteiger partial charge on any atom is 0.236 e. The average Bonchev–Trinajstić information content (AvgIpc) is 1.62. The lowest BCUT2D eigenvalue weighted by molar-refractivity contribution is -0.124. The van der Waals surface area contributed by atoms with Crippen LogP contribution in [0.2, 0.25) is 0 Å². The normalized spacial score (nSPS) is 23.4. The minimum absolute atomic E-state index is 0. The van der Waals surface area contributed by atoms with Crippen molar-refractivity contribution in [2.45, 2.75) is 12.5 Å². The zero-order valence-corrected chi connectivity index (χ0v) is 6.12. The highest BCUT2D eigenvalue weighted by atomic mass is 35.5. The molecule has 1 aliphatic rings. The molecule has 0 aromatic rings. The SMILES string of the molecule is CNC(=O)C1CCN1.Cl. The average molecular weight is 151 g/mol. The summed E-state index contributed by atoms with van der Waals surface area (Å²) in [5.74, 6) is 0.108. The van der Waals surface area contributed by atoms with Gasteiger partial charge < -0.3 is 10.6 Å². The Balaban J connectivity index is 0.000000640. The van der Waals surface area contributed by atoms with E-state index in [0.717, 1.165) is 13.0 Å². The van der Waals surface area contributed by atoms with E-state index in [2.05, 4.69) is 10.6 Å². The van der Waals surface area contributed by atoms with Gasteiger partial charge in [0.15, 0.2) is 0 Å². The van der Waals surface area contributed by atoms with E-state index >= 15 is 0 Å². The van der Waals surface area contributed by atoms with E-state index in [0.29, 0.717) is 0 Å². The monoisotopic (exact) mass is 150 g/mol. The Hall–Kier alpha value is -0.280. The minimum atomic E-state index is 0. The molecule has 2 N–H and O–H groups in total. The van der Waals surface area contributed by atoms with Crippen LogP contribution in [0, 0.1) is 0 Å². The first-order valence-corrected chi connectivity index (χ1v) is 2.79. The molecular weight excluding hydrogens is 140 g/mol. The number of carbonyl (C=O) groups excluding carboxylic acids is 1. The molecule has 0 aromatic heterocycles. The number of hydrogen-bond acceptors (Lipinski definition) is 2. The summed E-state index contributed by atoms with van der Waals surface area (Å²) in [5, 5.41) is 5.55. The quantitative estimate of drug-likeness (QED) is 0.530. The van der Waals surface area contributed by atoms with Crippen LogP contribution in [0.15, 0.2) is 0 Å². The molecule has 1 atom stereocenters.